The van der Waals surface area contributed by atoms with Gasteiger partial charge in [-0.05, 0) is 24.3 Å². The number of hydrogen-bond acceptors (Lipinski definition) is 6. The molecule has 0 bridgehead atoms. The molecule has 1 N–H and O–H groups in total. The Kier molecular flexibility index (Phi) is 5.02. The Hall–Kier alpha value is -2.51. The second kappa shape index (κ2) is 7.37. The molecule has 1 amide bonds. The van der Waals surface area contributed by atoms with Crippen molar-refractivity contribution in [3.63, 3.8) is 0 Å². The standard InChI is InChI=1S/C17H17N3O3S/c1-22-15-6-4-3-5-12(15)16(23-2)10-18-17(21)11-7-8-13-14(9-11)20-24-19-13/h3-9,16H,10H2,1-2H3,(H,18,21). The van der Waals surface area contributed by atoms with Crippen molar-refractivity contribution in [2.24, 2.45) is 0 Å². The number of hydrogen-bond donors (Lipinski definition) is 1. The molecule has 3 aromatic rings. The number of nitrogens with one attached hydrogen (secondary N) is 1. The van der Waals surface area contributed by atoms with Crippen molar-refractivity contribution in [3.8, 4) is 5.75 Å². The number of fused-ring (bicyclic) bond motifs is 1. The third-order valence-electron chi connectivity index (χ3n) is 3.73. The lowest BCUT2D eigenvalue weighted by molar-refractivity contribution is 0.0819. The molecule has 7 heteroatoms. The van der Waals surface area contributed by atoms with Crippen molar-refractivity contribution < 1.29 is 14.3 Å². The third-order valence-corrected chi connectivity index (χ3v) is 4.29. The summed E-state index contributed by atoms with van der Waals surface area (Å²) in [7, 11) is 3.22. The molecule has 0 aliphatic rings. The number of amides is 1. The lowest BCUT2D eigenvalue weighted by atomic mass is 10.1. The molecule has 0 aliphatic carbocycles. The molecule has 0 saturated heterocycles. The van der Waals surface area contributed by atoms with Gasteiger partial charge in [-0.1, -0.05) is 18.2 Å². The smallest absolute Gasteiger partial charge is 0.251 e. The van der Waals surface area contributed by atoms with Crippen LogP contribution in [0.3, 0.4) is 0 Å². The van der Waals surface area contributed by atoms with E-state index in [1.165, 1.54) is 0 Å². The Bertz CT molecular complexity index is 850. The maximum Gasteiger partial charge on any atom is 0.251 e. The fraction of sp³-hybridized carbons (Fsp3) is 0.235. The quantitative estimate of drug-likeness (QED) is 0.745. The van der Waals surface area contributed by atoms with Crippen molar-refractivity contribution in [1.29, 1.82) is 0 Å². The van der Waals surface area contributed by atoms with E-state index in [2.05, 4.69) is 14.1 Å². The maximum atomic E-state index is 12.4. The monoisotopic (exact) mass is 343 g/mol. The van der Waals surface area contributed by atoms with E-state index in [0.29, 0.717) is 12.1 Å². The highest BCUT2D eigenvalue weighted by Gasteiger charge is 2.17. The zero-order valence-corrected chi connectivity index (χ0v) is 14.2. The van der Waals surface area contributed by atoms with Gasteiger partial charge in [-0.3, -0.25) is 4.79 Å². The molecule has 1 heterocycles. The van der Waals surface area contributed by atoms with Crippen LogP contribution in [0.2, 0.25) is 0 Å². The Labute approximate surface area is 143 Å². The zero-order chi connectivity index (χ0) is 16.9. The molecular weight excluding hydrogens is 326 g/mol. The summed E-state index contributed by atoms with van der Waals surface area (Å²) in [6.07, 6.45) is -0.297. The van der Waals surface area contributed by atoms with Gasteiger partial charge in [-0.15, -0.1) is 0 Å². The lowest BCUT2D eigenvalue weighted by Crippen LogP contribution is -2.29. The van der Waals surface area contributed by atoms with Gasteiger partial charge in [0.25, 0.3) is 5.91 Å². The third kappa shape index (κ3) is 3.37. The molecule has 0 aliphatic heterocycles. The van der Waals surface area contributed by atoms with Gasteiger partial charge < -0.3 is 14.8 Å². The summed E-state index contributed by atoms with van der Waals surface area (Å²) in [5.41, 5.74) is 2.95. The van der Waals surface area contributed by atoms with E-state index in [-0.39, 0.29) is 12.0 Å². The minimum absolute atomic E-state index is 0.179. The van der Waals surface area contributed by atoms with Crippen LogP contribution in [0.25, 0.3) is 11.0 Å². The molecule has 1 aromatic heterocycles. The van der Waals surface area contributed by atoms with Crippen LogP contribution < -0.4 is 10.1 Å². The van der Waals surface area contributed by atoms with E-state index in [1.54, 1.807) is 32.4 Å². The highest BCUT2D eigenvalue weighted by Crippen LogP contribution is 2.26. The van der Waals surface area contributed by atoms with Crippen LogP contribution in [-0.4, -0.2) is 35.4 Å². The fourth-order valence-corrected chi connectivity index (χ4v) is 2.98. The van der Waals surface area contributed by atoms with Crippen LogP contribution >= 0.6 is 11.7 Å². The number of aromatic nitrogens is 2. The Morgan fingerprint density at radius 3 is 2.75 bits per heavy atom. The van der Waals surface area contributed by atoms with Crippen molar-refractivity contribution in [2.75, 3.05) is 20.8 Å². The second-order valence-electron chi connectivity index (χ2n) is 5.14. The van der Waals surface area contributed by atoms with Crippen molar-refractivity contribution in [2.45, 2.75) is 6.10 Å². The first-order chi connectivity index (χ1) is 11.7. The average molecular weight is 343 g/mol. The first kappa shape index (κ1) is 16.4. The minimum atomic E-state index is -0.297. The Balaban J connectivity index is 1.71. The van der Waals surface area contributed by atoms with Crippen LogP contribution in [0.4, 0.5) is 0 Å². The van der Waals surface area contributed by atoms with E-state index in [1.807, 2.05) is 24.3 Å². The largest absolute Gasteiger partial charge is 0.496 e. The van der Waals surface area contributed by atoms with E-state index >= 15 is 0 Å². The molecule has 2 aromatic carbocycles. The molecule has 0 saturated carbocycles. The van der Waals surface area contributed by atoms with Gasteiger partial charge in [0.1, 0.15) is 22.9 Å². The van der Waals surface area contributed by atoms with Crippen molar-refractivity contribution in [3.05, 3.63) is 53.6 Å². The molecule has 124 valence electrons. The zero-order valence-electron chi connectivity index (χ0n) is 13.4. The minimum Gasteiger partial charge on any atom is -0.496 e. The second-order valence-corrected chi connectivity index (χ2v) is 5.67. The summed E-state index contributed by atoms with van der Waals surface area (Å²) >= 11 is 1.13. The highest BCUT2D eigenvalue weighted by atomic mass is 32.1. The molecule has 0 radical (unpaired) electrons. The SMILES string of the molecule is COc1ccccc1C(CNC(=O)c1ccc2nsnc2c1)OC. The molecule has 6 nitrogen and oxygen atoms in total. The van der Waals surface area contributed by atoms with Crippen LogP contribution in [0.5, 0.6) is 5.75 Å². The molecular formula is C17H17N3O3S. The number of carbonyl (C=O) groups excluding carboxylic acids is 1. The maximum absolute atomic E-state index is 12.4. The first-order valence-corrected chi connectivity index (χ1v) is 8.12. The van der Waals surface area contributed by atoms with Crippen LogP contribution in [0.1, 0.15) is 22.0 Å². The van der Waals surface area contributed by atoms with Crippen LogP contribution in [0.15, 0.2) is 42.5 Å². The van der Waals surface area contributed by atoms with Gasteiger partial charge in [-0.2, -0.15) is 8.75 Å². The fourth-order valence-electron chi connectivity index (χ4n) is 2.46. The summed E-state index contributed by atoms with van der Waals surface area (Å²) in [6, 6.07) is 12.9. The summed E-state index contributed by atoms with van der Waals surface area (Å²) in [5.74, 6) is 0.551. The number of para-hydroxylation sites is 1. The number of nitrogens with zero attached hydrogens (tertiary/aromatic N) is 2. The summed E-state index contributed by atoms with van der Waals surface area (Å²) in [6.45, 7) is 0.336. The number of benzene rings is 2. The van der Waals surface area contributed by atoms with Crippen molar-refractivity contribution >= 4 is 28.7 Å². The molecule has 24 heavy (non-hydrogen) atoms. The van der Waals surface area contributed by atoms with Gasteiger partial charge >= 0.3 is 0 Å². The molecule has 0 fully saturated rings. The topological polar surface area (TPSA) is 73.3 Å². The summed E-state index contributed by atoms with van der Waals surface area (Å²) < 4.78 is 19.1. The molecule has 1 atom stereocenters. The Morgan fingerprint density at radius 1 is 1.17 bits per heavy atom. The van der Waals surface area contributed by atoms with Crippen LogP contribution in [-0.2, 0) is 4.74 Å². The predicted octanol–water partition coefficient (Wildman–Crippen LogP) is 2.82. The van der Waals surface area contributed by atoms with E-state index in [4.69, 9.17) is 9.47 Å². The normalized spacial score (nSPS) is 12.1. The summed E-state index contributed by atoms with van der Waals surface area (Å²) in [4.78, 5) is 12.4. The van der Waals surface area contributed by atoms with Gasteiger partial charge in [0.2, 0.25) is 0 Å². The number of rotatable bonds is 6. The van der Waals surface area contributed by atoms with E-state index in [9.17, 15) is 4.79 Å². The number of ether oxygens (including phenoxy) is 2. The van der Waals surface area contributed by atoms with Gasteiger partial charge in [0.05, 0.1) is 18.8 Å². The summed E-state index contributed by atoms with van der Waals surface area (Å²) in [5, 5.41) is 2.89. The van der Waals surface area contributed by atoms with Gasteiger partial charge in [-0.25, -0.2) is 0 Å². The first-order valence-electron chi connectivity index (χ1n) is 7.39. The predicted molar refractivity (Wildman–Crippen MR) is 92.5 cm³/mol. The molecule has 0 spiro atoms. The van der Waals surface area contributed by atoms with Gasteiger partial charge in [0.15, 0.2) is 0 Å². The average Bonchev–Trinajstić information content (AvgIpc) is 3.10. The number of carbonyl (C=O) groups is 1. The molecule has 1 unspecified atom stereocenters. The van der Waals surface area contributed by atoms with Crippen molar-refractivity contribution in [1.82, 2.24) is 14.1 Å². The number of methoxy groups -OCH3 is 2. The van der Waals surface area contributed by atoms with Gasteiger partial charge in [0, 0.05) is 24.8 Å². The molecule has 3 rings (SSSR count). The lowest BCUT2D eigenvalue weighted by Gasteiger charge is -2.19. The highest BCUT2D eigenvalue weighted by molar-refractivity contribution is 7.00. The Morgan fingerprint density at radius 2 is 1.96 bits per heavy atom. The van der Waals surface area contributed by atoms with E-state index < -0.39 is 0 Å². The van der Waals surface area contributed by atoms with Crippen LogP contribution in [0, 0.1) is 0 Å². The van der Waals surface area contributed by atoms with E-state index in [0.717, 1.165) is 34.1 Å².